The first-order valence-electron chi connectivity index (χ1n) is 9.51. The molecule has 6 nitrogen and oxygen atoms in total. The van der Waals surface area contributed by atoms with Crippen molar-refractivity contribution in [1.29, 1.82) is 0 Å². The minimum Gasteiger partial charge on any atom is -0.491 e. The number of ether oxygens (including phenoxy) is 1. The second-order valence-corrected chi connectivity index (χ2v) is 8.14. The number of aromatic nitrogens is 1. The number of para-hydroxylation sites is 1. The van der Waals surface area contributed by atoms with E-state index in [0.29, 0.717) is 11.3 Å². The minimum absolute atomic E-state index is 0.0697. The summed E-state index contributed by atoms with van der Waals surface area (Å²) in [6.45, 7) is 5.75. The van der Waals surface area contributed by atoms with E-state index in [0.717, 1.165) is 15.2 Å². The lowest BCUT2D eigenvalue weighted by molar-refractivity contribution is -0.130. The van der Waals surface area contributed by atoms with E-state index in [1.165, 1.54) is 0 Å². The topological polar surface area (TPSA) is 71.5 Å². The van der Waals surface area contributed by atoms with Gasteiger partial charge >= 0.3 is 0 Å². The van der Waals surface area contributed by atoms with Crippen molar-refractivity contribution in [3.8, 4) is 5.75 Å². The molecule has 0 fully saturated rings. The molecular weight excluding hydrogens is 386 g/mol. The number of hydrogen-bond acceptors (Lipinski definition) is 5. The van der Waals surface area contributed by atoms with Gasteiger partial charge in [0, 0.05) is 12.6 Å². The van der Waals surface area contributed by atoms with Gasteiger partial charge in [-0.05, 0) is 57.2 Å². The van der Waals surface area contributed by atoms with E-state index >= 15 is 0 Å². The van der Waals surface area contributed by atoms with Gasteiger partial charge in [0.05, 0.1) is 28.9 Å². The van der Waals surface area contributed by atoms with Crippen molar-refractivity contribution in [3.63, 3.8) is 0 Å². The molecule has 29 heavy (non-hydrogen) atoms. The van der Waals surface area contributed by atoms with E-state index in [-0.39, 0.29) is 30.5 Å². The Kier molecular flexibility index (Phi) is 6.49. The summed E-state index contributed by atoms with van der Waals surface area (Å²) >= 11 is 1.57. The highest BCUT2D eigenvalue weighted by Crippen LogP contribution is 2.28. The molecular formula is C22H25N3O3S. The van der Waals surface area contributed by atoms with Gasteiger partial charge in [0.1, 0.15) is 10.8 Å². The summed E-state index contributed by atoms with van der Waals surface area (Å²) in [5.74, 6) is 0.234. The van der Waals surface area contributed by atoms with Crippen LogP contribution in [-0.4, -0.2) is 41.4 Å². The first-order valence-corrected chi connectivity index (χ1v) is 10.3. The lowest BCUT2D eigenvalue weighted by Gasteiger charge is -2.23. The fourth-order valence-corrected chi connectivity index (χ4v) is 3.85. The summed E-state index contributed by atoms with van der Waals surface area (Å²) < 4.78 is 6.66. The van der Waals surface area contributed by atoms with Crippen LogP contribution in [0.4, 0.5) is 0 Å². The monoisotopic (exact) mass is 411 g/mol. The number of fused-ring (bicyclic) bond motifs is 1. The molecule has 0 aliphatic rings. The largest absolute Gasteiger partial charge is 0.491 e. The Balaban J connectivity index is 1.57. The number of nitrogens with zero attached hydrogens (tertiary/aromatic N) is 2. The zero-order valence-corrected chi connectivity index (χ0v) is 17.8. The number of amides is 2. The highest BCUT2D eigenvalue weighted by molar-refractivity contribution is 7.18. The summed E-state index contributed by atoms with van der Waals surface area (Å²) in [6, 6.07) is 14.6. The summed E-state index contributed by atoms with van der Waals surface area (Å²) in [7, 11) is 1.73. The normalized spacial score (nSPS) is 12.0. The van der Waals surface area contributed by atoms with Crippen LogP contribution < -0.4 is 10.1 Å². The summed E-state index contributed by atoms with van der Waals surface area (Å²) in [5.41, 5.74) is 1.41. The van der Waals surface area contributed by atoms with Gasteiger partial charge < -0.3 is 15.0 Å². The predicted molar refractivity (Wildman–Crippen MR) is 115 cm³/mol. The van der Waals surface area contributed by atoms with Gasteiger partial charge in [-0.3, -0.25) is 9.59 Å². The van der Waals surface area contributed by atoms with Gasteiger partial charge in [-0.25, -0.2) is 4.98 Å². The van der Waals surface area contributed by atoms with Crippen molar-refractivity contribution in [2.45, 2.75) is 32.9 Å². The molecule has 0 saturated carbocycles. The third kappa shape index (κ3) is 5.12. The molecule has 0 radical (unpaired) electrons. The zero-order chi connectivity index (χ0) is 21.0. The molecule has 1 heterocycles. The molecule has 0 spiro atoms. The maximum absolute atomic E-state index is 12.6. The van der Waals surface area contributed by atoms with Crippen LogP contribution in [0.25, 0.3) is 10.2 Å². The van der Waals surface area contributed by atoms with Gasteiger partial charge in [0.25, 0.3) is 5.91 Å². The summed E-state index contributed by atoms with van der Waals surface area (Å²) in [4.78, 5) is 31.1. The predicted octanol–water partition coefficient (Wildman–Crippen LogP) is 4.03. The second kappa shape index (κ2) is 9.05. The van der Waals surface area contributed by atoms with E-state index in [4.69, 9.17) is 4.74 Å². The maximum Gasteiger partial charge on any atom is 0.251 e. The third-order valence-corrected chi connectivity index (χ3v) is 5.74. The van der Waals surface area contributed by atoms with Gasteiger partial charge in [0.2, 0.25) is 5.91 Å². The van der Waals surface area contributed by atoms with Crippen LogP contribution in [0, 0.1) is 0 Å². The molecule has 0 saturated heterocycles. The van der Waals surface area contributed by atoms with E-state index in [9.17, 15) is 9.59 Å². The average molecular weight is 412 g/mol. The molecule has 3 rings (SSSR count). The van der Waals surface area contributed by atoms with Crippen molar-refractivity contribution >= 4 is 33.4 Å². The van der Waals surface area contributed by atoms with E-state index < -0.39 is 0 Å². The Morgan fingerprint density at radius 2 is 1.79 bits per heavy atom. The molecule has 1 unspecified atom stereocenters. The highest BCUT2D eigenvalue weighted by Gasteiger charge is 2.21. The Bertz CT molecular complexity index is 965. The number of rotatable bonds is 7. The van der Waals surface area contributed by atoms with E-state index in [1.807, 2.05) is 45.0 Å². The molecule has 0 aliphatic carbocycles. The highest BCUT2D eigenvalue weighted by atomic mass is 32.1. The number of nitrogens with one attached hydrogen (secondary N) is 1. The molecule has 2 aromatic carbocycles. The lowest BCUT2D eigenvalue weighted by atomic mass is 10.2. The molecule has 1 aromatic heterocycles. The number of benzene rings is 2. The second-order valence-electron chi connectivity index (χ2n) is 7.07. The molecule has 152 valence electrons. The molecule has 1 N–H and O–H groups in total. The van der Waals surface area contributed by atoms with Gasteiger partial charge in [-0.2, -0.15) is 0 Å². The van der Waals surface area contributed by atoms with E-state index in [1.54, 1.807) is 47.5 Å². The Labute approximate surface area is 174 Å². The number of thiazole rings is 1. The molecule has 0 bridgehead atoms. The van der Waals surface area contributed by atoms with Crippen molar-refractivity contribution in [2.75, 3.05) is 13.6 Å². The number of carbonyl (C=O) groups is 2. The van der Waals surface area contributed by atoms with Crippen LogP contribution >= 0.6 is 11.3 Å². The SMILES string of the molecule is CC(C)Oc1ccc(C(=O)NCC(=O)N(C)C(C)c2nc3ccccc3s2)cc1. The van der Waals surface area contributed by atoms with Crippen molar-refractivity contribution < 1.29 is 14.3 Å². The Hall–Kier alpha value is -2.93. The van der Waals surface area contributed by atoms with Crippen LogP contribution in [0.2, 0.25) is 0 Å². The smallest absolute Gasteiger partial charge is 0.251 e. The number of hydrogen-bond donors (Lipinski definition) is 1. The van der Waals surface area contributed by atoms with E-state index in [2.05, 4.69) is 10.3 Å². The van der Waals surface area contributed by atoms with Crippen LogP contribution in [0.5, 0.6) is 5.75 Å². The Morgan fingerprint density at radius 1 is 1.10 bits per heavy atom. The first-order chi connectivity index (χ1) is 13.8. The molecule has 2 amide bonds. The third-order valence-electron chi connectivity index (χ3n) is 4.53. The first kappa shape index (κ1) is 20.8. The zero-order valence-electron chi connectivity index (χ0n) is 17.0. The number of carbonyl (C=O) groups excluding carboxylic acids is 2. The van der Waals surface area contributed by atoms with Crippen molar-refractivity contribution in [3.05, 3.63) is 59.1 Å². The minimum atomic E-state index is -0.296. The molecule has 3 aromatic rings. The van der Waals surface area contributed by atoms with Gasteiger partial charge in [-0.1, -0.05) is 12.1 Å². The summed E-state index contributed by atoms with van der Waals surface area (Å²) in [5, 5.41) is 3.55. The van der Waals surface area contributed by atoms with Crippen LogP contribution in [-0.2, 0) is 4.79 Å². The van der Waals surface area contributed by atoms with Crippen molar-refractivity contribution in [1.82, 2.24) is 15.2 Å². The quantitative estimate of drug-likeness (QED) is 0.637. The fourth-order valence-electron chi connectivity index (χ4n) is 2.79. The molecule has 7 heteroatoms. The standard InChI is InChI=1S/C22H25N3O3S/c1-14(2)28-17-11-9-16(10-12-17)21(27)23-13-20(26)25(4)15(3)22-24-18-7-5-6-8-19(18)29-22/h5-12,14-15H,13H2,1-4H3,(H,23,27). The van der Waals surface area contributed by atoms with Crippen LogP contribution in [0.1, 0.15) is 42.2 Å². The fraction of sp³-hybridized carbons (Fsp3) is 0.318. The molecule has 0 aliphatic heterocycles. The molecule has 1 atom stereocenters. The van der Waals surface area contributed by atoms with Crippen LogP contribution in [0.3, 0.4) is 0 Å². The van der Waals surface area contributed by atoms with Gasteiger partial charge in [-0.15, -0.1) is 11.3 Å². The average Bonchev–Trinajstić information content (AvgIpc) is 3.15. The van der Waals surface area contributed by atoms with Crippen molar-refractivity contribution in [2.24, 2.45) is 0 Å². The summed E-state index contributed by atoms with van der Waals surface area (Å²) in [6.07, 6.45) is 0.0697. The number of likely N-dealkylation sites (N-methyl/N-ethyl adjacent to an activating group) is 1. The van der Waals surface area contributed by atoms with Crippen LogP contribution in [0.15, 0.2) is 48.5 Å². The Morgan fingerprint density at radius 3 is 2.45 bits per heavy atom. The maximum atomic E-state index is 12.6. The van der Waals surface area contributed by atoms with Gasteiger partial charge in [0.15, 0.2) is 0 Å². The lowest BCUT2D eigenvalue weighted by Crippen LogP contribution is -2.39.